The van der Waals surface area contributed by atoms with Crippen LogP contribution < -0.4 is 9.80 Å². The van der Waals surface area contributed by atoms with Crippen molar-refractivity contribution in [2.75, 3.05) is 29.4 Å². The van der Waals surface area contributed by atoms with Crippen molar-refractivity contribution in [2.24, 2.45) is 0 Å². The fraction of sp³-hybridized carbons (Fsp3) is 0.370. The van der Waals surface area contributed by atoms with Gasteiger partial charge >= 0.3 is 6.18 Å². The van der Waals surface area contributed by atoms with E-state index in [0.29, 0.717) is 43.5 Å². The number of piperidine rings is 1. The van der Waals surface area contributed by atoms with Crippen LogP contribution in [-0.2, 0) is 25.7 Å². The summed E-state index contributed by atoms with van der Waals surface area (Å²) in [6.45, 7) is 2.97. The molecule has 1 saturated heterocycles. The molecule has 0 spiro atoms. The molecular weight excluding hydrogens is 511 g/mol. The molecule has 0 radical (unpaired) electrons. The molecule has 6 rings (SSSR count). The third-order valence-electron chi connectivity index (χ3n) is 7.31. The second-order valence-electron chi connectivity index (χ2n) is 9.83. The summed E-state index contributed by atoms with van der Waals surface area (Å²) >= 11 is 0. The van der Waals surface area contributed by atoms with Crippen LogP contribution in [-0.4, -0.2) is 50.1 Å². The van der Waals surface area contributed by atoms with E-state index in [9.17, 15) is 18.0 Å². The number of rotatable bonds is 6. The van der Waals surface area contributed by atoms with Gasteiger partial charge in [-0.25, -0.2) is 4.98 Å². The quantitative estimate of drug-likeness (QED) is 0.332. The van der Waals surface area contributed by atoms with Crippen LogP contribution in [0.25, 0.3) is 0 Å². The highest BCUT2D eigenvalue weighted by atomic mass is 19.4. The highest BCUT2D eigenvalue weighted by molar-refractivity contribution is 5.96. The molecule has 2 aliphatic heterocycles. The van der Waals surface area contributed by atoms with Crippen molar-refractivity contribution in [2.45, 2.75) is 44.4 Å². The molecule has 1 fully saturated rings. The zero-order valence-corrected chi connectivity index (χ0v) is 21.0. The Morgan fingerprint density at radius 3 is 2.51 bits per heavy atom. The lowest BCUT2D eigenvalue weighted by Crippen LogP contribution is -2.34. The van der Waals surface area contributed by atoms with Gasteiger partial charge in [-0.3, -0.25) is 4.79 Å². The molecule has 0 bridgehead atoms. The summed E-state index contributed by atoms with van der Waals surface area (Å²) < 4.78 is 49.0. The van der Waals surface area contributed by atoms with Crippen LogP contribution >= 0.6 is 0 Å². The van der Waals surface area contributed by atoms with Crippen molar-refractivity contribution >= 4 is 17.6 Å². The van der Waals surface area contributed by atoms with Crippen molar-refractivity contribution in [1.82, 2.24) is 24.7 Å². The summed E-state index contributed by atoms with van der Waals surface area (Å²) in [6, 6.07) is 13.3. The maximum absolute atomic E-state index is 13.8. The zero-order chi connectivity index (χ0) is 27.0. The second-order valence-corrected chi connectivity index (χ2v) is 9.83. The van der Waals surface area contributed by atoms with Gasteiger partial charge in [-0.05, 0) is 36.0 Å². The van der Waals surface area contributed by atoms with Gasteiger partial charge in [-0.1, -0.05) is 36.4 Å². The van der Waals surface area contributed by atoms with Crippen molar-refractivity contribution in [1.29, 1.82) is 0 Å². The van der Waals surface area contributed by atoms with E-state index in [1.54, 1.807) is 23.4 Å². The number of halogens is 3. The first-order valence-electron chi connectivity index (χ1n) is 12.8. The number of benzene rings is 1. The highest BCUT2D eigenvalue weighted by Gasteiger charge is 2.42. The van der Waals surface area contributed by atoms with Crippen LogP contribution in [0.2, 0.25) is 0 Å². The van der Waals surface area contributed by atoms with E-state index in [4.69, 9.17) is 4.42 Å². The van der Waals surface area contributed by atoms with Gasteiger partial charge in [0.2, 0.25) is 11.5 Å². The third-order valence-corrected chi connectivity index (χ3v) is 7.31. The number of aromatic nitrogens is 5. The normalized spacial score (nSPS) is 16.4. The summed E-state index contributed by atoms with van der Waals surface area (Å²) in [5, 5.41) is 8.00. The molecule has 0 atom stereocenters. The SMILES string of the molecule is O=C(Cc1ccc(N2CCn3cnnc3C2)nc1)c1oc(N2CCC(c3ccccc3)CC2)nc1C(F)(F)F. The van der Waals surface area contributed by atoms with Gasteiger partial charge in [0.1, 0.15) is 12.1 Å². The fourth-order valence-corrected chi connectivity index (χ4v) is 5.19. The largest absolute Gasteiger partial charge is 0.437 e. The van der Waals surface area contributed by atoms with Gasteiger partial charge in [0, 0.05) is 38.8 Å². The number of oxazole rings is 1. The van der Waals surface area contributed by atoms with E-state index < -0.39 is 23.4 Å². The van der Waals surface area contributed by atoms with E-state index in [1.165, 1.54) is 11.8 Å². The predicted molar refractivity (Wildman–Crippen MR) is 135 cm³/mol. The fourth-order valence-electron chi connectivity index (χ4n) is 5.19. The minimum atomic E-state index is -4.81. The minimum absolute atomic E-state index is 0.163. The number of alkyl halides is 3. The molecule has 0 saturated carbocycles. The first kappa shape index (κ1) is 25.1. The standard InChI is InChI=1S/C27H26F3N7O2/c28-27(29,30)25-24(39-26(33-25)35-10-8-20(9-11-35)19-4-2-1-3-5-19)21(38)14-18-6-7-22(31-15-18)36-12-13-37-17-32-34-23(37)16-36/h1-7,15,17,20H,8-14,16H2. The topological polar surface area (TPSA) is 93.2 Å². The number of nitrogens with zero attached hydrogens (tertiary/aromatic N) is 7. The first-order valence-corrected chi connectivity index (χ1v) is 12.8. The summed E-state index contributed by atoms with van der Waals surface area (Å²) in [7, 11) is 0. The van der Waals surface area contributed by atoms with Gasteiger partial charge in [-0.15, -0.1) is 10.2 Å². The monoisotopic (exact) mass is 537 g/mol. The van der Waals surface area contributed by atoms with Gasteiger partial charge < -0.3 is 18.8 Å². The number of carbonyl (C=O) groups is 1. The number of carbonyl (C=O) groups excluding carboxylic acids is 1. The number of ketones is 1. The van der Waals surface area contributed by atoms with Crippen LogP contribution in [0, 0.1) is 0 Å². The second kappa shape index (κ2) is 10.2. The van der Waals surface area contributed by atoms with Crippen molar-refractivity contribution in [3.8, 4) is 0 Å². The molecule has 4 aromatic rings. The maximum atomic E-state index is 13.8. The summed E-state index contributed by atoms with van der Waals surface area (Å²) in [4.78, 5) is 24.9. The predicted octanol–water partition coefficient (Wildman–Crippen LogP) is 4.51. The summed E-state index contributed by atoms with van der Waals surface area (Å²) in [5.74, 6) is 0.284. The van der Waals surface area contributed by atoms with Crippen molar-refractivity contribution < 1.29 is 22.4 Å². The average Bonchev–Trinajstić information content (AvgIpc) is 3.62. The molecule has 3 aromatic heterocycles. The summed E-state index contributed by atoms with van der Waals surface area (Å²) in [5.41, 5.74) is 0.410. The molecule has 1 aromatic carbocycles. The minimum Gasteiger partial charge on any atom is -0.420 e. The highest BCUT2D eigenvalue weighted by Crippen LogP contribution is 2.36. The number of Topliss-reactive ketones (excluding diaryl/α,β-unsaturated/α-hetero) is 1. The molecule has 5 heterocycles. The molecule has 0 N–H and O–H groups in total. The Bertz CT molecular complexity index is 1440. The lowest BCUT2D eigenvalue weighted by atomic mass is 9.90. The van der Waals surface area contributed by atoms with Gasteiger partial charge in [0.25, 0.3) is 6.01 Å². The molecule has 39 heavy (non-hydrogen) atoms. The number of anilines is 2. The van der Waals surface area contributed by atoms with Gasteiger partial charge in [-0.2, -0.15) is 18.2 Å². The van der Waals surface area contributed by atoms with Crippen LogP contribution in [0.1, 0.15) is 52.0 Å². The molecule has 12 heteroatoms. The number of fused-ring (bicyclic) bond motifs is 1. The molecule has 0 unspecified atom stereocenters. The van der Waals surface area contributed by atoms with Crippen molar-refractivity contribution in [3.63, 3.8) is 0 Å². The van der Waals surface area contributed by atoms with Gasteiger partial charge in [0.15, 0.2) is 11.5 Å². The Morgan fingerprint density at radius 2 is 1.79 bits per heavy atom. The van der Waals surface area contributed by atoms with Crippen LogP contribution in [0.5, 0.6) is 0 Å². The Balaban J connectivity index is 1.14. The van der Waals surface area contributed by atoms with E-state index in [2.05, 4.69) is 32.3 Å². The van der Waals surface area contributed by atoms with Crippen molar-refractivity contribution in [3.05, 3.63) is 83.4 Å². The van der Waals surface area contributed by atoms with E-state index >= 15 is 0 Å². The van der Waals surface area contributed by atoms with Gasteiger partial charge in [0.05, 0.1) is 6.54 Å². The average molecular weight is 538 g/mol. The Kier molecular flexibility index (Phi) is 6.53. The van der Waals surface area contributed by atoms with Crippen LogP contribution in [0.3, 0.4) is 0 Å². The maximum Gasteiger partial charge on any atom is 0.437 e. The summed E-state index contributed by atoms with van der Waals surface area (Å²) in [6.07, 6.45) is -0.395. The Morgan fingerprint density at radius 1 is 1.00 bits per heavy atom. The number of hydrogen-bond acceptors (Lipinski definition) is 8. The zero-order valence-electron chi connectivity index (χ0n) is 21.0. The van der Waals surface area contributed by atoms with E-state index in [-0.39, 0.29) is 12.4 Å². The molecular formula is C27H26F3N7O2. The van der Waals surface area contributed by atoms with Crippen LogP contribution in [0.4, 0.5) is 25.0 Å². The number of pyridine rings is 1. The Hall–Kier alpha value is -4.22. The lowest BCUT2D eigenvalue weighted by molar-refractivity contribution is -0.141. The van der Waals surface area contributed by atoms with E-state index in [0.717, 1.165) is 25.2 Å². The third kappa shape index (κ3) is 5.23. The first-order chi connectivity index (χ1) is 18.8. The molecule has 202 valence electrons. The Labute approximate surface area is 222 Å². The molecule has 0 aliphatic carbocycles. The lowest BCUT2D eigenvalue weighted by Gasteiger charge is -2.31. The molecule has 0 amide bonds. The number of hydrogen-bond donors (Lipinski definition) is 0. The van der Waals surface area contributed by atoms with E-state index in [1.807, 2.05) is 27.7 Å². The molecule has 2 aliphatic rings. The van der Waals surface area contributed by atoms with Crippen LogP contribution in [0.15, 0.2) is 59.4 Å². The molecule has 9 nitrogen and oxygen atoms in total. The smallest absolute Gasteiger partial charge is 0.420 e.